The number of hydrogen-bond acceptors (Lipinski definition) is 3. The first kappa shape index (κ1) is 11.8. The molecule has 4 rings (SSSR count). The quantitative estimate of drug-likeness (QED) is 0.757. The third kappa shape index (κ3) is 1.44. The summed E-state index contributed by atoms with van der Waals surface area (Å²) < 4.78 is 6.02. The minimum absolute atomic E-state index is 0.0601. The molecule has 2 heterocycles. The van der Waals surface area contributed by atoms with Gasteiger partial charge in [-0.1, -0.05) is 12.2 Å². The van der Waals surface area contributed by atoms with Crippen LogP contribution in [-0.4, -0.2) is 11.3 Å². The number of fused-ring (bicyclic) bond motifs is 4. The van der Waals surface area contributed by atoms with Gasteiger partial charge in [0.1, 0.15) is 17.7 Å². The zero-order valence-corrected chi connectivity index (χ0v) is 11.6. The lowest BCUT2D eigenvalue weighted by atomic mass is 9.76. The minimum atomic E-state index is -0.624. The molecule has 3 aliphatic rings. The fraction of sp³-hybridized carbons (Fsp3) is 0.294. The Balaban J connectivity index is 1.91. The summed E-state index contributed by atoms with van der Waals surface area (Å²) in [6, 6.07) is 4.21. The molecule has 0 bridgehead atoms. The number of aliphatic hydroxyl groups excluding tert-OH is 1. The van der Waals surface area contributed by atoms with Gasteiger partial charge in [0.25, 0.3) is 0 Å². The van der Waals surface area contributed by atoms with E-state index < -0.39 is 6.23 Å². The standard InChI is InChI=1S/C17H17NO2/c1-10-7-16(19)18-13-9-14-12(8-11(10)13)17(2)6-4-3-5-15(17)20-14/h3-5,7-9,16,18-19H,6H2,1-2H3. The second kappa shape index (κ2) is 3.76. The molecular weight excluding hydrogens is 250 g/mol. The summed E-state index contributed by atoms with van der Waals surface area (Å²) >= 11 is 0. The Hall–Kier alpha value is -2.00. The van der Waals surface area contributed by atoms with E-state index in [1.165, 1.54) is 5.56 Å². The highest BCUT2D eigenvalue weighted by Crippen LogP contribution is 2.51. The number of benzene rings is 1. The van der Waals surface area contributed by atoms with E-state index in [0.717, 1.165) is 34.8 Å². The van der Waals surface area contributed by atoms with Gasteiger partial charge < -0.3 is 15.2 Å². The predicted octanol–water partition coefficient (Wildman–Crippen LogP) is 3.33. The summed E-state index contributed by atoms with van der Waals surface area (Å²) in [5.41, 5.74) is 4.36. The first-order chi connectivity index (χ1) is 9.58. The molecule has 0 aromatic heterocycles. The lowest BCUT2D eigenvalue weighted by Crippen LogP contribution is -2.23. The maximum Gasteiger partial charge on any atom is 0.144 e. The molecule has 3 heteroatoms. The average molecular weight is 267 g/mol. The van der Waals surface area contributed by atoms with E-state index in [2.05, 4.69) is 30.5 Å². The normalized spacial score (nSPS) is 29.4. The van der Waals surface area contributed by atoms with Crippen molar-refractivity contribution in [1.82, 2.24) is 0 Å². The lowest BCUT2D eigenvalue weighted by molar-refractivity contribution is 0.251. The highest BCUT2D eigenvalue weighted by molar-refractivity contribution is 5.81. The van der Waals surface area contributed by atoms with E-state index in [0.29, 0.717) is 0 Å². The second-order valence-corrected chi connectivity index (χ2v) is 5.93. The van der Waals surface area contributed by atoms with Crippen LogP contribution in [0.25, 0.3) is 5.57 Å². The largest absolute Gasteiger partial charge is 0.460 e. The molecule has 2 atom stereocenters. The third-order valence-electron chi connectivity index (χ3n) is 4.52. The number of ether oxygens (including phenoxy) is 1. The number of rotatable bonds is 0. The molecule has 0 fully saturated rings. The minimum Gasteiger partial charge on any atom is -0.460 e. The SMILES string of the molecule is CC1=CC(O)Nc2cc3c(cc21)C1(C)CC=CC=C1O3. The molecule has 2 N–H and O–H groups in total. The molecule has 2 aliphatic heterocycles. The van der Waals surface area contributed by atoms with Crippen LogP contribution in [0.15, 0.2) is 42.2 Å². The van der Waals surface area contributed by atoms with Crippen molar-refractivity contribution >= 4 is 11.3 Å². The van der Waals surface area contributed by atoms with E-state index in [1.807, 2.05) is 25.1 Å². The van der Waals surface area contributed by atoms with Gasteiger partial charge >= 0.3 is 0 Å². The molecule has 1 aromatic rings. The molecule has 1 aliphatic carbocycles. The summed E-state index contributed by atoms with van der Waals surface area (Å²) in [6.07, 6.45) is 8.46. The van der Waals surface area contributed by atoms with Crippen LogP contribution in [0.2, 0.25) is 0 Å². The molecule has 1 aromatic carbocycles. The predicted molar refractivity (Wildman–Crippen MR) is 79.5 cm³/mol. The monoisotopic (exact) mass is 267 g/mol. The number of hydrogen-bond donors (Lipinski definition) is 2. The smallest absolute Gasteiger partial charge is 0.144 e. The van der Waals surface area contributed by atoms with Crippen molar-refractivity contribution in [3.63, 3.8) is 0 Å². The molecule has 0 saturated heterocycles. The maximum absolute atomic E-state index is 9.78. The third-order valence-corrected chi connectivity index (χ3v) is 4.52. The van der Waals surface area contributed by atoms with Crippen molar-refractivity contribution < 1.29 is 9.84 Å². The van der Waals surface area contributed by atoms with Crippen molar-refractivity contribution in [3.05, 3.63) is 53.3 Å². The first-order valence-electron chi connectivity index (χ1n) is 6.95. The van der Waals surface area contributed by atoms with Crippen LogP contribution in [0.1, 0.15) is 31.4 Å². The molecule has 0 radical (unpaired) electrons. The summed E-state index contributed by atoms with van der Waals surface area (Å²) in [4.78, 5) is 0. The maximum atomic E-state index is 9.78. The number of nitrogens with one attached hydrogen (secondary N) is 1. The Morgan fingerprint density at radius 2 is 2.25 bits per heavy atom. The molecule has 2 unspecified atom stereocenters. The van der Waals surface area contributed by atoms with Gasteiger partial charge in [0, 0.05) is 22.9 Å². The fourth-order valence-corrected chi connectivity index (χ4v) is 3.32. The Labute approximate surface area is 118 Å². The van der Waals surface area contributed by atoms with Crippen LogP contribution in [0.4, 0.5) is 5.69 Å². The van der Waals surface area contributed by atoms with Crippen molar-refractivity contribution in [2.45, 2.75) is 31.9 Å². The highest BCUT2D eigenvalue weighted by Gasteiger charge is 2.42. The van der Waals surface area contributed by atoms with E-state index >= 15 is 0 Å². The van der Waals surface area contributed by atoms with Gasteiger partial charge in [0.2, 0.25) is 0 Å². The van der Waals surface area contributed by atoms with Gasteiger partial charge in [-0.05, 0) is 44.1 Å². The van der Waals surface area contributed by atoms with Crippen LogP contribution in [0.3, 0.4) is 0 Å². The van der Waals surface area contributed by atoms with Gasteiger partial charge in [0.15, 0.2) is 0 Å². The Kier molecular flexibility index (Phi) is 2.22. The first-order valence-corrected chi connectivity index (χ1v) is 6.95. The van der Waals surface area contributed by atoms with Gasteiger partial charge in [-0.25, -0.2) is 0 Å². The van der Waals surface area contributed by atoms with Gasteiger partial charge in [0.05, 0.1) is 5.41 Å². The van der Waals surface area contributed by atoms with Crippen LogP contribution < -0.4 is 10.1 Å². The van der Waals surface area contributed by atoms with Crippen molar-refractivity contribution in [3.8, 4) is 5.75 Å². The summed E-state index contributed by atoms with van der Waals surface area (Å²) in [6.45, 7) is 4.26. The van der Waals surface area contributed by atoms with Gasteiger partial charge in [-0.3, -0.25) is 0 Å². The van der Waals surface area contributed by atoms with Gasteiger partial charge in [-0.15, -0.1) is 0 Å². The zero-order chi connectivity index (χ0) is 13.9. The molecule has 0 saturated carbocycles. The van der Waals surface area contributed by atoms with E-state index in [4.69, 9.17) is 4.74 Å². The van der Waals surface area contributed by atoms with Crippen molar-refractivity contribution in [2.24, 2.45) is 0 Å². The Bertz CT molecular complexity index is 699. The van der Waals surface area contributed by atoms with Gasteiger partial charge in [-0.2, -0.15) is 0 Å². The van der Waals surface area contributed by atoms with Crippen LogP contribution >= 0.6 is 0 Å². The van der Waals surface area contributed by atoms with E-state index in [1.54, 1.807) is 0 Å². The topological polar surface area (TPSA) is 41.5 Å². The van der Waals surface area contributed by atoms with Crippen LogP contribution in [0.5, 0.6) is 5.75 Å². The molecule has 20 heavy (non-hydrogen) atoms. The Morgan fingerprint density at radius 1 is 1.40 bits per heavy atom. The average Bonchev–Trinajstić information content (AvgIpc) is 2.68. The zero-order valence-electron chi connectivity index (χ0n) is 11.6. The molecule has 0 amide bonds. The van der Waals surface area contributed by atoms with E-state index in [-0.39, 0.29) is 5.41 Å². The summed E-state index contributed by atoms with van der Waals surface area (Å²) in [5, 5.41) is 12.9. The Morgan fingerprint density at radius 3 is 3.10 bits per heavy atom. The summed E-state index contributed by atoms with van der Waals surface area (Å²) in [5.74, 6) is 1.91. The van der Waals surface area contributed by atoms with Crippen LogP contribution in [0, 0.1) is 0 Å². The fourth-order valence-electron chi connectivity index (χ4n) is 3.32. The summed E-state index contributed by atoms with van der Waals surface area (Å²) in [7, 11) is 0. The second-order valence-electron chi connectivity index (χ2n) is 5.93. The number of aliphatic hydroxyl groups is 1. The molecular formula is C17H17NO2. The number of allylic oxidation sites excluding steroid dienone is 5. The highest BCUT2D eigenvalue weighted by atomic mass is 16.5. The van der Waals surface area contributed by atoms with Crippen molar-refractivity contribution in [1.29, 1.82) is 0 Å². The molecule has 3 nitrogen and oxygen atoms in total. The van der Waals surface area contributed by atoms with E-state index in [9.17, 15) is 5.11 Å². The molecule has 102 valence electrons. The molecule has 0 spiro atoms. The lowest BCUT2D eigenvalue weighted by Gasteiger charge is -2.27. The van der Waals surface area contributed by atoms with Crippen LogP contribution in [-0.2, 0) is 5.41 Å². The number of anilines is 1. The van der Waals surface area contributed by atoms with Crippen molar-refractivity contribution in [2.75, 3.05) is 5.32 Å².